The Morgan fingerprint density at radius 3 is 1.19 bits per heavy atom. The average Bonchev–Trinajstić information content (AvgIpc) is 3.69. The predicted octanol–water partition coefficient (Wildman–Crippen LogP) is 13.9. The van der Waals surface area contributed by atoms with Crippen molar-refractivity contribution in [1.29, 1.82) is 0 Å². The Morgan fingerprint density at radius 2 is 0.761 bits per heavy atom. The van der Waals surface area contributed by atoms with Gasteiger partial charge in [0.1, 0.15) is 11.6 Å². The standard InChI is InChI=1S/C56H37F3N8/c1-34-60-35(2)62-53(61-34)40-27-28-43-42-25-15-16-26-50(42)67(51(43)29-40)52-44(54-63-46(36-17-7-3-8-18-36)32-47(64-54)37-19-9-4-10-20-37)30-41(56(57,58)59)31-45(52)55-65-48(38-21-11-5-12-22-38)33-49(66-55)39-23-13-6-14-24-39/h3-33H,1-2H3. The molecule has 0 N–H and O–H groups in total. The van der Waals surface area contributed by atoms with Crippen molar-refractivity contribution in [3.05, 3.63) is 205 Å². The van der Waals surface area contributed by atoms with Gasteiger partial charge >= 0.3 is 6.18 Å². The Balaban J connectivity index is 1.32. The Hall–Kier alpha value is -8.70. The van der Waals surface area contributed by atoms with Crippen LogP contribution in [0.5, 0.6) is 0 Å². The van der Waals surface area contributed by atoms with Crippen molar-refractivity contribution in [2.75, 3.05) is 0 Å². The van der Waals surface area contributed by atoms with Crippen LogP contribution in [-0.4, -0.2) is 39.5 Å². The largest absolute Gasteiger partial charge is 0.416 e. The molecule has 0 spiro atoms. The minimum absolute atomic E-state index is 0.0795. The van der Waals surface area contributed by atoms with E-state index in [9.17, 15) is 0 Å². The Morgan fingerprint density at radius 1 is 0.358 bits per heavy atom. The number of fused-ring (bicyclic) bond motifs is 3. The Bertz CT molecular complexity index is 3350. The number of benzene rings is 7. The minimum atomic E-state index is -4.80. The average molecular weight is 879 g/mol. The molecule has 4 aromatic heterocycles. The normalized spacial score (nSPS) is 11.7. The van der Waals surface area contributed by atoms with E-state index in [2.05, 4.69) is 4.98 Å². The van der Waals surface area contributed by atoms with E-state index in [1.54, 1.807) is 0 Å². The number of rotatable bonds is 8. The van der Waals surface area contributed by atoms with Gasteiger partial charge < -0.3 is 4.57 Å². The third-order valence-corrected chi connectivity index (χ3v) is 11.7. The maximum absolute atomic E-state index is 15.7. The lowest BCUT2D eigenvalue weighted by atomic mass is 9.98. The maximum atomic E-state index is 15.7. The fourth-order valence-corrected chi connectivity index (χ4v) is 8.64. The third-order valence-electron chi connectivity index (χ3n) is 11.7. The van der Waals surface area contributed by atoms with Gasteiger partial charge in [-0.3, -0.25) is 0 Å². The Labute approximate surface area is 383 Å². The second-order valence-electron chi connectivity index (χ2n) is 16.1. The van der Waals surface area contributed by atoms with Crippen LogP contribution < -0.4 is 0 Å². The quantitative estimate of drug-likeness (QED) is 0.150. The molecule has 11 aromatic rings. The van der Waals surface area contributed by atoms with Crippen molar-refractivity contribution in [2.24, 2.45) is 0 Å². The van der Waals surface area contributed by atoms with Crippen LogP contribution >= 0.6 is 0 Å². The van der Waals surface area contributed by atoms with Crippen LogP contribution in [0.2, 0.25) is 0 Å². The number of hydrogen-bond acceptors (Lipinski definition) is 7. The van der Waals surface area contributed by atoms with Gasteiger partial charge in [-0.1, -0.05) is 152 Å². The number of aryl methyl sites for hydroxylation is 2. The van der Waals surface area contributed by atoms with Gasteiger partial charge in [-0.15, -0.1) is 0 Å². The molecule has 0 bridgehead atoms. The molecule has 7 aromatic carbocycles. The summed E-state index contributed by atoms with van der Waals surface area (Å²) in [4.78, 5) is 34.4. The zero-order valence-electron chi connectivity index (χ0n) is 36.1. The lowest BCUT2D eigenvalue weighted by Crippen LogP contribution is -2.11. The highest BCUT2D eigenvalue weighted by Crippen LogP contribution is 2.45. The molecular weight excluding hydrogens is 842 g/mol. The molecule has 4 heterocycles. The van der Waals surface area contributed by atoms with Crippen molar-refractivity contribution >= 4 is 21.8 Å². The fraction of sp³-hybridized carbons (Fsp3) is 0.0536. The molecule has 0 saturated heterocycles. The van der Waals surface area contributed by atoms with Crippen molar-refractivity contribution in [3.63, 3.8) is 0 Å². The highest BCUT2D eigenvalue weighted by atomic mass is 19.4. The molecule has 0 fully saturated rings. The van der Waals surface area contributed by atoms with Crippen molar-refractivity contribution in [3.8, 4) is 84.9 Å². The van der Waals surface area contributed by atoms with Crippen molar-refractivity contribution < 1.29 is 13.2 Å². The second-order valence-corrected chi connectivity index (χ2v) is 16.1. The number of alkyl halides is 3. The van der Waals surface area contributed by atoms with Crippen molar-refractivity contribution in [1.82, 2.24) is 39.5 Å². The van der Waals surface area contributed by atoms with Crippen LogP contribution in [0.3, 0.4) is 0 Å². The highest BCUT2D eigenvalue weighted by molar-refractivity contribution is 6.11. The lowest BCUT2D eigenvalue weighted by Gasteiger charge is -2.21. The number of aromatic nitrogens is 8. The van der Waals surface area contributed by atoms with E-state index in [4.69, 9.17) is 29.9 Å². The first-order chi connectivity index (χ1) is 32.6. The van der Waals surface area contributed by atoms with Crippen LogP contribution in [0.1, 0.15) is 17.2 Å². The van der Waals surface area contributed by atoms with Crippen LogP contribution in [0.15, 0.2) is 188 Å². The molecule has 0 unspecified atom stereocenters. The molecule has 0 atom stereocenters. The molecule has 11 rings (SSSR count). The van der Waals surface area contributed by atoms with Gasteiger partial charge in [0, 0.05) is 49.7 Å². The van der Waals surface area contributed by atoms with Crippen LogP contribution in [0, 0.1) is 13.8 Å². The summed E-state index contributed by atoms with van der Waals surface area (Å²) < 4.78 is 49.2. The molecular formula is C56H37F3N8. The van der Waals surface area contributed by atoms with Gasteiger partial charge in [0.05, 0.1) is 45.1 Å². The molecule has 0 aliphatic heterocycles. The zero-order chi connectivity index (χ0) is 45.6. The number of hydrogen-bond donors (Lipinski definition) is 0. The summed E-state index contributed by atoms with van der Waals surface area (Å²) in [5.74, 6) is 1.75. The van der Waals surface area contributed by atoms with Crippen LogP contribution in [-0.2, 0) is 6.18 Å². The molecule has 11 heteroatoms. The van der Waals surface area contributed by atoms with E-state index in [0.29, 0.717) is 57.0 Å². The summed E-state index contributed by atoms with van der Waals surface area (Å²) in [7, 11) is 0. The van der Waals surface area contributed by atoms with E-state index >= 15 is 13.2 Å². The summed E-state index contributed by atoms with van der Waals surface area (Å²) in [6, 6.07) is 58.0. The summed E-state index contributed by atoms with van der Waals surface area (Å²) in [5.41, 5.74) is 7.01. The summed E-state index contributed by atoms with van der Waals surface area (Å²) in [6.07, 6.45) is -4.80. The van der Waals surface area contributed by atoms with Gasteiger partial charge in [-0.05, 0) is 50.2 Å². The zero-order valence-corrected chi connectivity index (χ0v) is 36.1. The van der Waals surface area contributed by atoms with Gasteiger partial charge in [0.2, 0.25) is 0 Å². The van der Waals surface area contributed by atoms with E-state index in [0.717, 1.165) is 50.7 Å². The smallest absolute Gasteiger partial charge is 0.308 e. The fourth-order valence-electron chi connectivity index (χ4n) is 8.64. The maximum Gasteiger partial charge on any atom is 0.416 e. The summed E-state index contributed by atoms with van der Waals surface area (Å²) in [6.45, 7) is 3.63. The molecule has 0 amide bonds. The third kappa shape index (κ3) is 7.86. The molecule has 0 aliphatic carbocycles. The molecule has 67 heavy (non-hydrogen) atoms. The van der Waals surface area contributed by atoms with Gasteiger partial charge in [-0.2, -0.15) is 13.2 Å². The first kappa shape index (κ1) is 41.0. The second kappa shape index (κ2) is 16.7. The van der Waals surface area contributed by atoms with E-state index in [1.165, 1.54) is 0 Å². The molecule has 0 saturated carbocycles. The van der Waals surface area contributed by atoms with E-state index in [1.807, 2.05) is 194 Å². The van der Waals surface area contributed by atoms with Crippen LogP contribution in [0.4, 0.5) is 13.2 Å². The van der Waals surface area contributed by atoms with Gasteiger partial charge in [0.25, 0.3) is 0 Å². The first-order valence-electron chi connectivity index (χ1n) is 21.6. The number of nitrogens with zero attached hydrogens (tertiary/aromatic N) is 8. The van der Waals surface area contributed by atoms with Crippen molar-refractivity contribution in [2.45, 2.75) is 20.0 Å². The topological polar surface area (TPSA) is 95.2 Å². The monoisotopic (exact) mass is 878 g/mol. The Kier molecular flexibility index (Phi) is 10.2. The lowest BCUT2D eigenvalue weighted by molar-refractivity contribution is -0.137. The number of halogens is 3. The minimum Gasteiger partial charge on any atom is -0.308 e. The molecule has 0 aliphatic rings. The molecule has 0 radical (unpaired) electrons. The molecule has 322 valence electrons. The number of para-hydroxylation sites is 1. The highest BCUT2D eigenvalue weighted by Gasteiger charge is 2.35. The SMILES string of the molecule is Cc1nc(C)nc(-c2ccc3c4ccccc4n(-c4c(-c5nc(-c6ccccc6)cc(-c6ccccc6)n5)cc(C(F)(F)F)cc4-c4nc(-c5ccccc5)cc(-c5ccccc5)n4)c3c2)n1. The van der Waals surface area contributed by atoms with Crippen LogP contribution in [0.25, 0.3) is 107 Å². The molecule has 8 nitrogen and oxygen atoms in total. The van der Waals surface area contributed by atoms with E-state index < -0.39 is 11.7 Å². The predicted molar refractivity (Wildman–Crippen MR) is 258 cm³/mol. The summed E-state index contributed by atoms with van der Waals surface area (Å²) in [5, 5.41) is 1.73. The summed E-state index contributed by atoms with van der Waals surface area (Å²) >= 11 is 0. The van der Waals surface area contributed by atoms with Gasteiger partial charge in [0.15, 0.2) is 17.5 Å². The van der Waals surface area contributed by atoms with Gasteiger partial charge in [-0.25, -0.2) is 34.9 Å². The first-order valence-corrected chi connectivity index (χ1v) is 21.6. The van der Waals surface area contributed by atoms with E-state index in [-0.39, 0.29) is 22.8 Å².